The van der Waals surface area contributed by atoms with E-state index in [0.29, 0.717) is 13.0 Å². The van der Waals surface area contributed by atoms with Gasteiger partial charge in [-0.15, -0.1) is 0 Å². The predicted octanol–water partition coefficient (Wildman–Crippen LogP) is 0.773. The zero-order valence-corrected chi connectivity index (χ0v) is 10.2. The molecule has 2 atom stereocenters. The van der Waals surface area contributed by atoms with Crippen molar-refractivity contribution in [3.63, 3.8) is 0 Å². The van der Waals surface area contributed by atoms with Crippen LogP contribution in [0.15, 0.2) is 24.5 Å². The number of carboxylic acids is 1. The van der Waals surface area contributed by atoms with E-state index in [1.807, 2.05) is 18.3 Å². The van der Waals surface area contributed by atoms with Gasteiger partial charge in [-0.1, -0.05) is 0 Å². The molecule has 0 spiro atoms. The number of anilines is 1. The molecule has 2 unspecified atom stereocenters. The van der Waals surface area contributed by atoms with Gasteiger partial charge in [0.2, 0.25) is 0 Å². The summed E-state index contributed by atoms with van der Waals surface area (Å²) in [5.74, 6) is -0.156. The maximum atomic E-state index is 10.8. The third-order valence-electron chi connectivity index (χ3n) is 3.15. The van der Waals surface area contributed by atoms with Crippen molar-refractivity contribution in [3.8, 4) is 0 Å². The first kappa shape index (κ1) is 11.9. The fourth-order valence-corrected chi connectivity index (χ4v) is 2.17. The minimum absolute atomic E-state index is 0.0796. The third-order valence-corrected chi connectivity index (χ3v) is 3.15. The molecule has 0 amide bonds. The molecule has 0 saturated carbocycles. The van der Waals surface area contributed by atoms with E-state index in [-0.39, 0.29) is 6.10 Å². The lowest BCUT2D eigenvalue weighted by Gasteiger charge is -2.12. The Hall–Kier alpha value is -2.15. The van der Waals surface area contributed by atoms with E-state index in [2.05, 4.69) is 15.4 Å². The first-order valence-corrected chi connectivity index (χ1v) is 6.15. The summed E-state index contributed by atoms with van der Waals surface area (Å²) in [6, 6.07) is 3.64. The van der Waals surface area contributed by atoms with Crippen molar-refractivity contribution >= 4 is 17.4 Å². The number of fused-ring (bicyclic) bond motifs is 1. The van der Waals surface area contributed by atoms with Gasteiger partial charge in [0.1, 0.15) is 5.82 Å². The van der Waals surface area contributed by atoms with Gasteiger partial charge in [-0.2, -0.15) is 5.10 Å². The molecule has 2 aromatic heterocycles. The van der Waals surface area contributed by atoms with Gasteiger partial charge in [0.05, 0.1) is 12.3 Å². The van der Waals surface area contributed by atoms with Crippen LogP contribution in [0.1, 0.15) is 12.8 Å². The number of nitrogens with one attached hydrogen (secondary N) is 1. The SMILES string of the molecule is O=C(O)C1CCC(CNc2ccn3nccc3n2)O1. The quantitative estimate of drug-likeness (QED) is 0.846. The molecule has 1 aliphatic rings. The van der Waals surface area contributed by atoms with Crippen LogP contribution >= 0.6 is 0 Å². The minimum Gasteiger partial charge on any atom is -0.479 e. The van der Waals surface area contributed by atoms with Gasteiger partial charge in [-0.05, 0) is 18.9 Å². The molecule has 0 aromatic carbocycles. The molecule has 0 aliphatic carbocycles. The van der Waals surface area contributed by atoms with E-state index in [1.165, 1.54) is 0 Å². The summed E-state index contributed by atoms with van der Waals surface area (Å²) < 4.78 is 7.09. The highest BCUT2D eigenvalue weighted by molar-refractivity contribution is 5.72. The number of carbonyl (C=O) groups is 1. The van der Waals surface area contributed by atoms with Crippen molar-refractivity contribution in [3.05, 3.63) is 24.5 Å². The number of aliphatic carboxylic acids is 1. The largest absolute Gasteiger partial charge is 0.479 e. The van der Waals surface area contributed by atoms with Crippen LogP contribution in [0.4, 0.5) is 5.82 Å². The number of carboxylic acid groups (broad SMARTS) is 1. The van der Waals surface area contributed by atoms with E-state index < -0.39 is 12.1 Å². The van der Waals surface area contributed by atoms with Crippen molar-refractivity contribution in [2.24, 2.45) is 0 Å². The van der Waals surface area contributed by atoms with Crippen molar-refractivity contribution < 1.29 is 14.6 Å². The molecule has 1 fully saturated rings. The Labute approximate surface area is 109 Å². The van der Waals surface area contributed by atoms with Gasteiger partial charge in [0, 0.05) is 18.8 Å². The monoisotopic (exact) mass is 262 g/mol. The van der Waals surface area contributed by atoms with E-state index in [0.717, 1.165) is 17.9 Å². The Kier molecular flexibility index (Phi) is 3.04. The molecule has 2 aromatic rings. The number of hydrogen-bond acceptors (Lipinski definition) is 5. The van der Waals surface area contributed by atoms with E-state index in [1.54, 1.807) is 10.7 Å². The molecule has 0 bridgehead atoms. The zero-order chi connectivity index (χ0) is 13.2. The molecular weight excluding hydrogens is 248 g/mol. The zero-order valence-electron chi connectivity index (χ0n) is 10.2. The molecule has 7 heteroatoms. The molecule has 1 saturated heterocycles. The standard InChI is InChI=1S/C12H14N4O3/c17-12(18)9-2-1-8(19-9)7-13-10-4-6-16-11(15-10)3-5-14-16/h3-6,8-9H,1-2,7H2,(H,13,15)(H,17,18). The van der Waals surface area contributed by atoms with Crippen molar-refractivity contribution in [1.29, 1.82) is 0 Å². The van der Waals surface area contributed by atoms with Gasteiger partial charge < -0.3 is 15.2 Å². The molecule has 7 nitrogen and oxygen atoms in total. The van der Waals surface area contributed by atoms with Gasteiger partial charge in [-0.25, -0.2) is 14.3 Å². The molecule has 3 heterocycles. The Balaban J connectivity index is 1.59. The van der Waals surface area contributed by atoms with Gasteiger partial charge in [0.25, 0.3) is 0 Å². The highest BCUT2D eigenvalue weighted by atomic mass is 16.5. The summed E-state index contributed by atoms with van der Waals surface area (Å²) in [6.45, 7) is 0.557. The van der Waals surface area contributed by atoms with Crippen molar-refractivity contribution in [2.75, 3.05) is 11.9 Å². The minimum atomic E-state index is -0.888. The fraction of sp³-hybridized carbons (Fsp3) is 0.417. The number of aromatic nitrogens is 3. The lowest BCUT2D eigenvalue weighted by atomic mass is 10.2. The van der Waals surface area contributed by atoms with Gasteiger partial charge in [-0.3, -0.25) is 0 Å². The highest BCUT2D eigenvalue weighted by Gasteiger charge is 2.30. The van der Waals surface area contributed by atoms with Crippen LogP contribution in [0.2, 0.25) is 0 Å². The first-order valence-electron chi connectivity index (χ1n) is 6.15. The van der Waals surface area contributed by atoms with Crippen LogP contribution in [-0.2, 0) is 9.53 Å². The number of hydrogen-bond donors (Lipinski definition) is 2. The highest BCUT2D eigenvalue weighted by Crippen LogP contribution is 2.20. The predicted molar refractivity (Wildman–Crippen MR) is 67.0 cm³/mol. The average molecular weight is 262 g/mol. The average Bonchev–Trinajstić information content (AvgIpc) is 3.04. The Morgan fingerprint density at radius 1 is 1.53 bits per heavy atom. The lowest BCUT2D eigenvalue weighted by molar-refractivity contribution is -0.149. The van der Waals surface area contributed by atoms with Crippen LogP contribution in [0.5, 0.6) is 0 Å². The van der Waals surface area contributed by atoms with Crippen molar-refractivity contribution in [2.45, 2.75) is 25.0 Å². The fourth-order valence-electron chi connectivity index (χ4n) is 2.17. The number of ether oxygens (including phenoxy) is 1. The summed E-state index contributed by atoms with van der Waals surface area (Å²) in [4.78, 5) is 15.1. The second-order valence-corrected chi connectivity index (χ2v) is 4.49. The van der Waals surface area contributed by atoms with E-state index in [9.17, 15) is 4.79 Å². The molecular formula is C12H14N4O3. The summed E-state index contributed by atoms with van der Waals surface area (Å²) in [5, 5.41) is 16.1. The van der Waals surface area contributed by atoms with Crippen LogP contribution in [0, 0.1) is 0 Å². The third kappa shape index (κ3) is 2.50. The summed E-state index contributed by atoms with van der Waals surface area (Å²) in [7, 11) is 0. The topological polar surface area (TPSA) is 88.8 Å². The second-order valence-electron chi connectivity index (χ2n) is 4.49. The maximum Gasteiger partial charge on any atom is 0.332 e. The summed E-state index contributed by atoms with van der Waals surface area (Å²) in [6.07, 6.45) is 4.07. The van der Waals surface area contributed by atoms with E-state index in [4.69, 9.17) is 9.84 Å². The number of nitrogens with zero attached hydrogens (tertiary/aromatic N) is 3. The summed E-state index contributed by atoms with van der Waals surface area (Å²) in [5.41, 5.74) is 0.765. The number of rotatable bonds is 4. The Morgan fingerprint density at radius 2 is 2.42 bits per heavy atom. The van der Waals surface area contributed by atoms with Crippen molar-refractivity contribution in [1.82, 2.24) is 14.6 Å². The molecule has 19 heavy (non-hydrogen) atoms. The van der Waals surface area contributed by atoms with Crippen LogP contribution < -0.4 is 5.32 Å². The Bertz CT molecular complexity index is 597. The molecule has 0 radical (unpaired) electrons. The molecule has 2 N–H and O–H groups in total. The Morgan fingerprint density at radius 3 is 3.21 bits per heavy atom. The van der Waals surface area contributed by atoms with Gasteiger partial charge in [0.15, 0.2) is 11.8 Å². The lowest BCUT2D eigenvalue weighted by Crippen LogP contribution is -2.24. The maximum absolute atomic E-state index is 10.8. The first-order chi connectivity index (χ1) is 9.22. The van der Waals surface area contributed by atoms with Gasteiger partial charge >= 0.3 is 5.97 Å². The molecule has 1 aliphatic heterocycles. The molecule has 3 rings (SSSR count). The molecule has 100 valence electrons. The smallest absolute Gasteiger partial charge is 0.332 e. The van der Waals surface area contributed by atoms with Crippen LogP contribution in [0.3, 0.4) is 0 Å². The van der Waals surface area contributed by atoms with E-state index >= 15 is 0 Å². The normalized spacial score (nSPS) is 22.7. The van der Waals surface area contributed by atoms with Crippen LogP contribution in [-0.4, -0.2) is 44.4 Å². The summed E-state index contributed by atoms with van der Waals surface area (Å²) >= 11 is 0. The second kappa shape index (κ2) is 4.85. The van der Waals surface area contributed by atoms with Crippen LogP contribution in [0.25, 0.3) is 5.65 Å².